The lowest BCUT2D eigenvalue weighted by atomic mass is 9.87. The summed E-state index contributed by atoms with van der Waals surface area (Å²) < 4.78 is 0. The van der Waals surface area contributed by atoms with E-state index < -0.39 is 5.97 Å². The van der Waals surface area contributed by atoms with Crippen LogP contribution < -0.4 is 0 Å². The average molecular weight is 166 g/mol. The minimum Gasteiger partial charge on any atom is -0.481 e. The van der Waals surface area contributed by atoms with Crippen molar-refractivity contribution in [3.8, 4) is 0 Å². The largest absolute Gasteiger partial charge is 0.481 e. The van der Waals surface area contributed by atoms with Crippen molar-refractivity contribution in [1.82, 2.24) is 10.2 Å². The van der Waals surface area contributed by atoms with Crippen molar-refractivity contribution < 1.29 is 9.90 Å². The number of hydrogen-bond acceptors (Lipinski definition) is 2. The minimum absolute atomic E-state index is 0.340. The zero-order valence-corrected chi connectivity index (χ0v) is 6.58. The Labute approximate surface area is 69.6 Å². The van der Waals surface area contributed by atoms with Crippen molar-refractivity contribution in [2.24, 2.45) is 0 Å². The Hall–Kier alpha value is -1.32. The molecule has 1 aliphatic rings. The Morgan fingerprint density at radius 3 is 3.33 bits per heavy atom. The van der Waals surface area contributed by atoms with Crippen LogP contribution in [0.5, 0.6) is 0 Å². The van der Waals surface area contributed by atoms with Crippen molar-refractivity contribution in [3.05, 3.63) is 17.5 Å². The number of carboxylic acids is 1. The molecule has 0 amide bonds. The summed E-state index contributed by atoms with van der Waals surface area (Å²) in [5, 5.41) is 15.5. The lowest BCUT2D eigenvalue weighted by molar-refractivity contribution is -0.139. The highest BCUT2D eigenvalue weighted by Crippen LogP contribution is 2.29. The summed E-state index contributed by atoms with van der Waals surface area (Å²) in [6, 6.07) is 0. The molecule has 0 fully saturated rings. The molecule has 0 radical (unpaired) electrons. The van der Waals surface area contributed by atoms with Crippen molar-refractivity contribution >= 4 is 5.97 Å². The Morgan fingerprint density at radius 2 is 2.58 bits per heavy atom. The fraction of sp³-hybridized carbons (Fsp3) is 0.500. The first-order chi connectivity index (χ1) is 5.79. The molecule has 12 heavy (non-hydrogen) atoms. The Morgan fingerprint density at radius 1 is 1.75 bits per heavy atom. The molecule has 1 heterocycles. The van der Waals surface area contributed by atoms with Gasteiger partial charge in [0.2, 0.25) is 0 Å². The third-order valence-electron chi connectivity index (χ3n) is 2.34. The Balaban J connectivity index is 2.37. The van der Waals surface area contributed by atoms with E-state index >= 15 is 0 Å². The summed E-state index contributed by atoms with van der Waals surface area (Å²) in [6.07, 6.45) is 4.24. The van der Waals surface area contributed by atoms with Gasteiger partial charge in [-0.25, -0.2) is 0 Å². The van der Waals surface area contributed by atoms with Crippen LogP contribution in [-0.4, -0.2) is 21.3 Å². The van der Waals surface area contributed by atoms with Crippen LogP contribution in [0.2, 0.25) is 0 Å². The van der Waals surface area contributed by atoms with Gasteiger partial charge in [0, 0.05) is 11.3 Å². The normalized spacial score (nSPS) is 21.8. The van der Waals surface area contributed by atoms with E-state index in [0.717, 1.165) is 30.5 Å². The first kappa shape index (κ1) is 7.34. The zero-order valence-electron chi connectivity index (χ0n) is 6.58. The van der Waals surface area contributed by atoms with Gasteiger partial charge in [0.1, 0.15) is 0 Å². The maximum atomic E-state index is 10.8. The Bertz CT molecular complexity index is 306. The fourth-order valence-electron chi connectivity index (χ4n) is 1.72. The van der Waals surface area contributed by atoms with E-state index in [1.807, 2.05) is 0 Å². The van der Waals surface area contributed by atoms with E-state index in [9.17, 15) is 4.79 Å². The smallest absolute Gasteiger partial charge is 0.311 e. The number of aliphatic carboxylic acids is 1. The minimum atomic E-state index is -0.739. The SMILES string of the molecule is O=C(O)[C@H]1CCCc2[nH]ncc21. The van der Waals surface area contributed by atoms with E-state index in [4.69, 9.17) is 5.11 Å². The lowest BCUT2D eigenvalue weighted by Crippen LogP contribution is -2.16. The van der Waals surface area contributed by atoms with Gasteiger partial charge in [0.15, 0.2) is 0 Å². The highest BCUT2D eigenvalue weighted by Gasteiger charge is 2.27. The number of nitrogens with one attached hydrogen (secondary N) is 1. The molecule has 4 heteroatoms. The van der Waals surface area contributed by atoms with Gasteiger partial charge in [0.05, 0.1) is 12.1 Å². The summed E-state index contributed by atoms with van der Waals surface area (Å²) in [7, 11) is 0. The monoisotopic (exact) mass is 166 g/mol. The predicted octanol–water partition coefficient (Wildman–Crippen LogP) is 0.914. The molecule has 1 aliphatic carbocycles. The first-order valence-electron chi connectivity index (χ1n) is 4.04. The molecule has 1 aromatic heterocycles. The number of hydrogen-bond donors (Lipinski definition) is 2. The van der Waals surface area contributed by atoms with Crippen LogP contribution in [-0.2, 0) is 11.2 Å². The molecule has 64 valence electrons. The number of aryl methyl sites for hydroxylation is 1. The highest BCUT2D eigenvalue weighted by molar-refractivity contribution is 5.76. The first-order valence-corrected chi connectivity index (χ1v) is 4.04. The van der Waals surface area contributed by atoms with Crippen molar-refractivity contribution in [1.29, 1.82) is 0 Å². The number of nitrogens with zero attached hydrogens (tertiary/aromatic N) is 1. The van der Waals surface area contributed by atoms with E-state index in [1.165, 1.54) is 0 Å². The van der Waals surface area contributed by atoms with Crippen LogP contribution in [0.4, 0.5) is 0 Å². The number of carboxylic acid groups (broad SMARTS) is 1. The molecular weight excluding hydrogens is 156 g/mol. The molecule has 4 nitrogen and oxygen atoms in total. The molecule has 0 spiro atoms. The van der Waals surface area contributed by atoms with Crippen LogP contribution in [0.15, 0.2) is 6.20 Å². The summed E-state index contributed by atoms with van der Waals surface area (Å²) in [6.45, 7) is 0. The third kappa shape index (κ3) is 0.995. The second kappa shape index (κ2) is 2.62. The molecule has 2 rings (SSSR count). The predicted molar refractivity (Wildman–Crippen MR) is 41.9 cm³/mol. The lowest BCUT2D eigenvalue weighted by Gasteiger charge is -2.17. The third-order valence-corrected chi connectivity index (χ3v) is 2.34. The Kier molecular flexibility index (Phi) is 1.60. The van der Waals surface area contributed by atoms with Crippen molar-refractivity contribution in [2.45, 2.75) is 25.2 Å². The van der Waals surface area contributed by atoms with Gasteiger partial charge in [-0.3, -0.25) is 9.89 Å². The second-order valence-corrected chi connectivity index (χ2v) is 3.09. The number of aromatic nitrogens is 2. The molecule has 0 aliphatic heterocycles. The number of fused-ring (bicyclic) bond motifs is 1. The van der Waals surface area contributed by atoms with Crippen LogP contribution in [0, 0.1) is 0 Å². The van der Waals surface area contributed by atoms with E-state index in [0.29, 0.717) is 0 Å². The summed E-state index contributed by atoms with van der Waals surface area (Å²) in [5.74, 6) is -1.08. The van der Waals surface area contributed by atoms with Crippen molar-refractivity contribution in [2.75, 3.05) is 0 Å². The standard InChI is InChI=1S/C8H10N2O2/c11-8(12)5-2-1-3-7-6(5)4-9-10-7/h4-5H,1-3H2,(H,9,10)(H,11,12)/t5-/m0/s1. The number of aromatic amines is 1. The quantitative estimate of drug-likeness (QED) is 0.651. The molecule has 1 atom stereocenters. The molecular formula is C8H10N2O2. The van der Waals surface area contributed by atoms with Gasteiger partial charge in [-0.2, -0.15) is 5.10 Å². The van der Waals surface area contributed by atoms with E-state index in [-0.39, 0.29) is 5.92 Å². The highest BCUT2D eigenvalue weighted by atomic mass is 16.4. The fourth-order valence-corrected chi connectivity index (χ4v) is 1.72. The van der Waals surface area contributed by atoms with Crippen LogP contribution in [0.25, 0.3) is 0 Å². The van der Waals surface area contributed by atoms with E-state index in [1.54, 1.807) is 6.20 Å². The summed E-state index contributed by atoms with van der Waals surface area (Å²) in [5.41, 5.74) is 1.86. The van der Waals surface area contributed by atoms with Gasteiger partial charge in [0.25, 0.3) is 0 Å². The molecule has 0 saturated carbocycles. The molecule has 0 aromatic carbocycles. The van der Waals surface area contributed by atoms with Crippen LogP contribution in [0.1, 0.15) is 30.0 Å². The molecule has 0 unspecified atom stereocenters. The summed E-state index contributed by atoms with van der Waals surface area (Å²) in [4.78, 5) is 10.8. The molecule has 2 N–H and O–H groups in total. The molecule has 0 saturated heterocycles. The number of H-pyrrole nitrogens is 1. The maximum absolute atomic E-state index is 10.8. The van der Waals surface area contributed by atoms with Gasteiger partial charge in [-0.05, 0) is 19.3 Å². The van der Waals surface area contributed by atoms with Crippen LogP contribution in [0.3, 0.4) is 0 Å². The van der Waals surface area contributed by atoms with Crippen molar-refractivity contribution in [3.63, 3.8) is 0 Å². The van der Waals surface area contributed by atoms with Crippen LogP contribution >= 0.6 is 0 Å². The molecule has 1 aromatic rings. The van der Waals surface area contributed by atoms with Gasteiger partial charge in [-0.1, -0.05) is 0 Å². The van der Waals surface area contributed by atoms with Gasteiger partial charge >= 0.3 is 5.97 Å². The summed E-state index contributed by atoms with van der Waals surface area (Å²) >= 11 is 0. The maximum Gasteiger partial charge on any atom is 0.311 e. The van der Waals surface area contributed by atoms with Gasteiger partial charge in [-0.15, -0.1) is 0 Å². The average Bonchev–Trinajstić information content (AvgIpc) is 2.49. The topological polar surface area (TPSA) is 66.0 Å². The second-order valence-electron chi connectivity index (χ2n) is 3.09. The van der Waals surface area contributed by atoms with E-state index in [2.05, 4.69) is 10.2 Å². The number of carbonyl (C=O) groups is 1. The molecule has 0 bridgehead atoms. The zero-order chi connectivity index (χ0) is 8.55. The number of rotatable bonds is 1. The van der Waals surface area contributed by atoms with Gasteiger partial charge < -0.3 is 5.11 Å².